The lowest BCUT2D eigenvalue weighted by atomic mass is 9.69. The van der Waals surface area contributed by atoms with Crippen molar-refractivity contribution in [2.24, 2.45) is 10.8 Å². The van der Waals surface area contributed by atoms with Gasteiger partial charge in [0.2, 0.25) is 0 Å². The monoisotopic (exact) mass is 1120 g/mol. The minimum atomic E-state index is -1.87. The van der Waals surface area contributed by atoms with Gasteiger partial charge in [-0.15, -0.1) is 0 Å². The van der Waals surface area contributed by atoms with Gasteiger partial charge in [0.1, 0.15) is 11.5 Å². The van der Waals surface area contributed by atoms with E-state index in [1.807, 2.05) is 26.0 Å². The van der Waals surface area contributed by atoms with Gasteiger partial charge in [-0.25, -0.2) is 9.59 Å². The lowest BCUT2D eigenvalue weighted by molar-refractivity contribution is -0.143. The highest BCUT2D eigenvalue weighted by Gasteiger charge is 2.43. The molecule has 1 N–H and O–H groups in total. The molecule has 0 aromatic heterocycles. The van der Waals surface area contributed by atoms with E-state index in [-0.39, 0.29) is 63.1 Å². The summed E-state index contributed by atoms with van der Waals surface area (Å²) in [5.74, 6) is -0.000956. The van der Waals surface area contributed by atoms with Gasteiger partial charge in [0.25, 0.3) is 0 Å². The molecule has 0 saturated carbocycles. The number of rotatable bonds is 24. The summed E-state index contributed by atoms with van der Waals surface area (Å²) in [4.78, 5) is 22.5. The number of aliphatic carboxylic acids is 1. The molecular formula is C69H110O8Si2. The second kappa shape index (κ2) is 27.7. The first-order valence-electron chi connectivity index (χ1n) is 29.6. The molecule has 442 valence electrons. The van der Waals surface area contributed by atoms with Crippen LogP contribution in [0, 0.1) is 38.5 Å². The maximum absolute atomic E-state index is 11.5. The Labute approximate surface area is 484 Å². The van der Waals surface area contributed by atoms with Crippen molar-refractivity contribution in [1.82, 2.24) is 0 Å². The zero-order chi connectivity index (χ0) is 60.3. The molecule has 8 nitrogen and oxygen atoms in total. The van der Waals surface area contributed by atoms with Gasteiger partial charge in [-0.1, -0.05) is 171 Å². The van der Waals surface area contributed by atoms with Gasteiger partial charge in [-0.2, -0.15) is 0 Å². The zero-order valence-corrected chi connectivity index (χ0v) is 56.5. The first kappa shape index (κ1) is 69.0. The van der Waals surface area contributed by atoms with Crippen LogP contribution in [0.5, 0.6) is 11.5 Å². The summed E-state index contributed by atoms with van der Waals surface area (Å²) in [6, 6.07) is 26.7. The summed E-state index contributed by atoms with van der Waals surface area (Å²) >= 11 is 0. The van der Waals surface area contributed by atoms with Crippen molar-refractivity contribution in [3.8, 4) is 11.5 Å². The van der Waals surface area contributed by atoms with E-state index in [0.717, 1.165) is 68.2 Å². The van der Waals surface area contributed by atoms with E-state index in [2.05, 4.69) is 211 Å². The third-order valence-corrected chi connectivity index (χ3v) is 27.3. The van der Waals surface area contributed by atoms with Gasteiger partial charge in [-0.05, 0) is 194 Å². The number of hydrogen-bond acceptors (Lipinski definition) is 7. The molecule has 0 aliphatic carbocycles. The van der Waals surface area contributed by atoms with Crippen LogP contribution in [0.4, 0.5) is 0 Å². The average molecular weight is 1120 g/mol. The first-order valence-corrected chi connectivity index (χ1v) is 35.4. The Balaban J connectivity index is 0.000000415. The smallest absolute Gasteiger partial charge is 0.343 e. The van der Waals surface area contributed by atoms with Crippen molar-refractivity contribution in [3.63, 3.8) is 0 Å². The van der Waals surface area contributed by atoms with E-state index in [4.69, 9.17) is 28.2 Å². The Hall–Kier alpha value is -4.23. The summed E-state index contributed by atoms with van der Waals surface area (Å²) < 4.78 is 29.8. The lowest BCUT2D eigenvalue weighted by Crippen LogP contribution is -2.47. The molecule has 2 atom stereocenters. The van der Waals surface area contributed by atoms with Crippen LogP contribution in [-0.2, 0) is 46.8 Å². The Morgan fingerprint density at radius 1 is 0.481 bits per heavy atom. The van der Waals surface area contributed by atoms with E-state index in [0.29, 0.717) is 5.75 Å². The molecule has 4 rings (SSSR count). The third-order valence-electron chi connectivity index (χ3n) is 18.4. The number of methoxy groups -OCH3 is 1. The third kappa shape index (κ3) is 17.9. The molecular weight excluding hydrogens is 1010 g/mol. The summed E-state index contributed by atoms with van der Waals surface area (Å²) in [6.07, 6.45) is 8.44. The van der Waals surface area contributed by atoms with Gasteiger partial charge >= 0.3 is 11.9 Å². The molecule has 2 unspecified atom stereocenters. The molecule has 0 heterocycles. The number of carbonyl (C=O) groups excluding carboxylic acids is 1. The van der Waals surface area contributed by atoms with Crippen LogP contribution < -0.4 is 9.47 Å². The van der Waals surface area contributed by atoms with Crippen LogP contribution in [-0.4, -0.2) is 66.2 Å². The molecule has 4 aromatic carbocycles. The number of carboxylic acids is 1. The second-order valence-corrected chi connectivity index (χ2v) is 37.4. The van der Waals surface area contributed by atoms with Crippen molar-refractivity contribution < 1.29 is 37.8 Å². The van der Waals surface area contributed by atoms with Gasteiger partial charge in [0.05, 0.1) is 19.3 Å². The van der Waals surface area contributed by atoms with E-state index in [9.17, 15) is 9.59 Å². The fourth-order valence-corrected chi connectivity index (χ4v) is 13.6. The van der Waals surface area contributed by atoms with Gasteiger partial charge < -0.3 is 28.2 Å². The molecule has 0 amide bonds. The van der Waals surface area contributed by atoms with Crippen molar-refractivity contribution in [1.29, 1.82) is 0 Å². The lowest BCUT2D eigenvalue weighted by Gasteiger charge is -2.43. The van der Waals surface area contributed by atoms with E-state index < -0.39 is 22.6 Å². The summed E-state index contributed by atoms with van der Waals surface area (Å²) in [5.41, 5.74) is 12.6. The molecule has 79 heavy (non-hydrogen) atoms. The van der Waals surface area contributed by atoms with Crippen LogP contribution >= 0.6 is 0 Å². The highest BCUT2D eigenvalue weighted by Crippen LogP contribution is 2.45. The van der Waals surface area contributed by atoms with E-state index in [1.54, 1.807) is 0 Å². The van der Waals surface area contributed by atoms with Gasteiger partial charge in [0.15, 0.2) is 29.8 Å². The number of aryl methyl sites for hydroxylation is 6. The molecule has 0 aliphatic heterocycles. The summed E-state index contributed by atoms with van der Waals surface area (Å²) in [7, 11) is -2.36. The minimum absolute atomic E-state index is 0.0823. The fourth-order valence-electron chi connectivity index (χ4n) is 10.5. The van der Waals surface area contributed by atoms with E-state index in [1.165, 1.54) is 51.6 Å². The number of benzene rings is 4. The van der Waals surface area contributed by atoms with Crippen molar-refractivity contribution in [2.45, 2.75) is 249 Å². The number of carbonyl (C=O) groups is 2. The zero-order valence-electron chi connectivity index (χ0n) is 54.5. The number of ether oxygens (including phenoxy) is 3. The predicted octanol–water partition coefficient (Wildman–Crippen LogP) is 18.6. The quantitative estimate of drug-likeness (QED) is 0.0547. The average Bonchev–Trinajstić information content (AvgIpc) is 3.34. The Morgan fingerprint density at radius 3 is 1.04 bits per heavy atom. The normalized spacial score (nSPS) is 13.8. The molecule has 10 heteroatoms. The standard InChI is InChI=1S/C35H56O4Si.C34H54O4Si/c1-14-35(15-2,29-19-20-30(26(4)23-29)38-24-32(36)37-11)28-18-16-27(25(3)22-28)17-21-31(33(5,6)7)39-40(12,13)34(8,9)10;1-13-34(14-2,28-18-19-29(25(4)22-28)37-23-31(35)36)27-17-15-26(24(3)21-27)16-20-30(32(5,6)7)38-39(11,12)33(8,9)10/h16,18-20,22-23,31H,14-15,17,21,24H2,1-13H3;15,17-19,21-22,30H,13-14,16,20,23H2,1-12H3,(H,35,36). The molecule has 0 radical (unpaired) electrons. The van der Waals surface area contributed by atoms with Gasteiger partial charge in [-0.3, -0.25) is 0 Å². The minimum Gasteiger partial charge on any atom is -0.482 e. The predicted molar refractivity (Wildman–Crippen MR) is 338 cm³/mol. The maximum atomic E-state index is 11.5. The largest absolute Gasteiger partial charge is 0.482 e. The van der Waals surface area contributed by atoms with E-state index >= 15 is 0 Å². The van der Waals surface area contributed by atoms with Gasteiger partial charge in [0, 0.05) is 10.8 Å². The number of esters is 1. The first-order chi connectivity index (χ1) is 36.3. The van der Waals surface area contributed by atoms with Crippen molar-refractivity contribution >= 4 is 28.6 Å². The maximum Gasteiger partial charge on any atom is 0.343 e. The fraction of sp³-hybridized carbons (Fsp3) is 0.623. The van der Waals surface area contributed by atoms with Crippen LogP contribution in [0.25, 0.3) is 0 Å². The summed E-state index contributed by atoms with van der Waals surface area (Å²) in [6.45, 7) is 54.3. The topological polar surface area (TPSA) is 101 Å². The van der Waals surface area contributed by atoms with Crippen LogP contribution in [0.1, 0.15) is 205 Å². The SMILES string of the molecule is CCC(CC)(c1ccc(CCC(O[Si](C)(C)C(C)(C)C)C(C)(C)C)c(C)c1)c1ccc(OCC(=O)O)c(C)c1.CCC(CC)(c1ccc(CCC(O[Si](C)(C)C(C)(C)C)C(C)(C)C)c(C)c1)c1ccc(OCC(=O)OC)c(C)c1. The second-order valence-electron chi connectivity index (χ2n) is 27.9. The molecule has 4 aromatic rings. The van der Waals surface area contributed by atoms with Crippen molar-refractivity contribution in [3.05, 3.63) is 128 Å². The molecule has 0 aliphatic rings. The Morgan fingerprint density at radius 2 is 0.785 bits per heavy atom. The molecule has 0 saturated heterocycles. The highest BCUT2D eigenvalue weighted by molar-refractivity contribution is 6.74. The molecule has 0 spiro atoms. The summed E-state index contributed by atoms with van der Waals surface area (Å²) in [5, 5.41) is 9.37. The van der Waals surface area contributed by atoms with Crippen LogP contribution in [0.2, 0.25) is 36.3 Å². The van der Waals surface area contributed by atoms with Crippen molar-refractivity contribution in [2.75, 3.05) is 20.3 Å². The highest BCUT2D eigenvalue weighted by atomic mass is 28.4. The Bertz CT molecular complexity index is 2610. The number of carboxylic acid groups (broad SMARTS) is 1. The van der Waals surface area contributed by atoms with Crippen LogP contribution in [0.15, 0.2) is 72.8 Å². The number of hydrogen-bond donors (Lipinski definition) is 1. The Kier molecular flexibility index (Phi) is 24.2. The molecule has 0 fully saturated rings. The van der Waals surface area contributed by atoms with Crippen LogP contribution in [0.3, 0.4) is 0 Å². The molecule has 0 bridgehead atoms.